The Bertz CT molecular complexity index is 2640. The van der Waals surface area contributed by atoms with Gasteiger partial charge in [-0.1, -0.05) is 60.7 Å². The fourth-order valence-electron chi connectivity index (χ4n) is 8.15. The molecule has 2 saturated heterocycles. The zero-order valence-electron chi connectivity index (χ0n) is 36.1. The first kappa shape index (κ1) is 46.5. The third-order valence-electron chi connectivity index (χ3n) is 11.8. The quantitative estimate of drug-likeness (QED) is 0.0551. The molecule has 0 radical (unpaired) electrons. The number of hydrogen-bond acceptors (Lipinski definition) is 14. The molecule has 6 N–H and O–H groups in total. The Morgan fingerprint density at radius 1 is 0.656 bits per heavy atom. The summed E-state index contributed by atoms with van der Waals surface area (Å²) in [6, 6.07) is 23.3. The SMILES string of the molecule is CNc1nc(N2CCC(CCP(=O)(O)O)CC2)cc2cn[nH]c(=O)c12.CNc1nc(N2CCC(CCP(=O)(OCc3ccccc3)OCc3ccccc3)CC2)cc2cn[nH]c(=O)c12. The molecule has 8 rings (SSSR count). The maximum Gasteiger partial charge on any atom is 0.331 e. The van der Waals surface area contributed by atoms with Gasteiger partial charge in [0.05, 0.1) is 48.7 Å². The number of aromatic nitrogens is 6. The predicted molar refractivity (Wildman–Crippen MR) is 250 cm³/mol. The van der Waals surface area contributed by atoms with E-state index in [4.69, 9.17) is 23.8 Å². The first-order chi connectivity index (χ1) is 30.9. The van der Waals surface area contributed by atoms with Gasteiger partial charge in [0.25, 0.3) is 11.1 Å². The molecule has 0 spiro atoms. The van der Waals surface area contributed by atoms with E-state index >= 15 is 0 Å². The minimum absolute atomic E-state index is 0.0513. The Labute approximate surface area is 370 Å². The predicted octanol–water partition coefficient (Wildman–Crippen LogP) is 6.74. The molecule has 2 fully saturated rings. The van der Waals surface area contributed by atoms with Crippen molar-refractivity contribution in [2.45, 2.75) is 51.7 Å². The van der Waals surface area contributed by atoms with Crippen LogP contribution in [-0.2, 0) is 31.4 Å². The molecule has 2 aromatic carbocycles. The van der Waals surface area contributed by atoms with Gasteiger partial charge in [0, 0.05) is 51.0 Å². The number of anilines is 4. The largest absolute Gasteiger partial charge is 0.372 e. The van der Waals surface area contributed by atoms with Crippen molar-refractivity contribution in [3.05, 3.63) is 117 Å². The third-order valence-corrected chi connectivity index (χ3v) is 14.5. The minimum Gasteiger partial charge on any atom is -0.372 e. The van der Waals surface area contributed by atoms with Gasteiger partial charge in [-0.15, -0.1) is 0 Å². The molecule has 0 aliphatic carbocycles. The van der Waals surface area contributed by atoms with Gasteiger partial charge < -0.3 is 39.3 Å². The summed E-state index contributed by atoms with van der Waals surface area (Å²) in [5.41, 5.74) is 1.39. The van der Waals surface area contributed by atoms with Gasteiger partial charge in [-0.25, -0.2) is 20.2 Å². The van der Waals surface area contributed by atoms with Gasteiger partial charge in [0.15, 0.2) is 0 Å². The number of fused-ring (bicyclic) bond motifs is 2. The first-order valence-electron chi connectivity index (χ1n) is 21.5. The van der Waals surface area contributed by atoms with E-state index in [0.29, 0.717) is 46.8 Å². The number of pyridine rings is 2. The number of nitrogens with one attached hydrogen (secondary N) is 4. The highest BCUT2D eigenvalue weighted by Crippen LogP contribution is 2.51. The summed E-state index contributed by atoms with van der Waals surface area (Å²) in [7, 11) is -3.75. The zero-order chi connectivity index (χ0) is 45.1. The van der Waals surface area contributed by atoms with Crippen molar-refractivity contribution in [1.29, 1.82) is 0 Å². The van der Waals surface area contributed by atoms with Gasteiger partial charge in [0.1, 0.15) is 23.3 Å². The van der Waals surface area contributed by atoms with E-state index in [1.807, 2.05) is 72.8 Å². The summed E-state index contributed by atoms with van der Waals surface area (Å²) in [5, 5.41) is 21.1. The van der Waals surface area contributed by atoms with Crippen molar-refractivity contribution >= 4 is 60.0 Å². The second-order valence-electron chi connectivity index (χ2n) is 16.2. The Morgan fingerprint density at radius 2 is 1.06 bits per heavy atom. The molecular formula is C44H56N10O8P2. The van der Waals surface area contributed by atoms with Crippen LogP contribution >= 0.6 is 15.2 Å². The van der Waals surface area contributed by atoms with Gasteiger partial charge >= 0.3 is 15.2 Å². The molecule has 0 unspecified atom stereocenters. The van der Waals surface area contributed by atoms with Crippen LogP contribution in [0.2, 0.25) is 0 Å². The average Bonchev–Trinajstić information content (AvgIpc) is 3.32. The van der Waals surface area contributed by atoms with E-state index in [9.17, 15) is 18.7 Å². The Kier molecular flexibility index (Phi) is 15.6. The zero-order valence-corrected chi connectivity index (χ0v) is 37.8. The maximum atomic E-state index is 13.8. The third kappa shape index (κ3) is 12.4. The molecule has 0 bridgehead atoms. The van der Waals surface area contributed by atoms with Gasteiger partial charge in [-0.05, 0) is 73.6 Å². The smallest absolute Gasteiger partial charge is 0.331 e. The second kappa shape index (κ2) is 21.5. The van der Waals surface area contributed by atoms with Crippen LogP contribution in [0.25, 0.3) is 21.5 Å². The molecule has 2 aliphatic heterocycles. The number of H-pyrrole nitrogens is 2. The van der Waals surface area contributed by atoms with Crippen LogP contribution in [-0.4, -0.2) is 92.7 Å². The number of nitrogens with zero attached hydrogens (tertiary/aromatic N) is 6. The monoisotopic (exact) mass is 914 g/mol. The van der Waals surface area contributed by atoms with Crippen LogP contribution < -0.4 is 31.6 Å². The molecule has 6 aromatic rings. The minimum atomic E-state index is -3.92. The normalized spacial score (nSPS) is 15.2. The van der Waals surface area contributed by atoms with Crippen LogP contribution in [0.15, 0.2) is 94.8 Å². The molecule has 18 nitrogen and oxygen atoms in total. The molecule has 0 amide bonds. The van der Waals surface area contributed by atoms with Crippen molar-refractivity contribution < 1.29 is 28.0 Å². The standard InChI is InChI=1S/C29H34N5O4P.C15H22N5O4P/c1-30-28-27-25(19-31-33-29(27)35)18-26(32-28)34-15-12-22(13-16-34)14-17-39(36,37-20-23-8-4-2-5-9-23)38-21-24-10-6-3-7-11-24;1-16-14-13-11(9-17-19-15(13)21)8-12(18-14)20-5-2-10(3-6-20)4-7-25(22,23)24/h2-11,18-19,22H,12-17,20-21H2,1H3,(H,30,32)(H,33,35);8-10H,2-7H2,1H3,(H,16,18)(H,19,21)(H2,22,23,24). The molecule has 64 heavy (non-hydrogen) atoms. The summed E-state index contributed by atoms with van der Waals surface area (Å²) in [4.78, 5) is 55.9. The highest BCUT2D eigenvalue weighted by atomic mass is 31.2. The number of hydrogen-bond donors (Lipinski definition) is 6. The van der Waals surface area contributed by atoms with Crippen molar-refractivity contribution in [3.63, 3.8) is 0 Å². The summed E-state index contributed by atoms with van der Waals surface area (Å²) >= 11 is 0. The molecule has 0 atom stereocenters. The molecule has 0 saturated carbocycles. The van der Waals surface area contributed by atoms with E-state index in [2.05, 4.69) is 45.8 Å². The van der Waals surface area contributed by atoms with Crippen molar-refractivity contribution in [2.75, 3.05) is 73.0 Å². The Hall–Kier alpha value is -5.48. The lowest BCUT2D eigenvalue weighted by molar-refractivity contribution is 0.188. The summed E-state index contributed by atoms with van der Waals surface area (Å²) in [6.07, 6.45) is 8.51. The van der Waals surface area contributed by atoms with Crippen LogP contribution in [0.1, 0.15) is 49.7 Å². The van der Waals surface area contributed by atoms with E-state index in [0.717, 1.165) is 91.8 Å². The Balaban J connectivity index is 0.000000211. The van der Waals surface area contributed by atoms with E-state index in [1.165, 1.54) is 0 Å². The average molecular weight is 915 g/mol. The molecule has 340 valence electrons. The molecule has 6 heterocycles. The lowest BCUT2D eigenvalue weighted by Crippen LogP contribution is -2.34. The number of rotatable bonds is 16. The van der Waals surface area contributed by atoms with E-state index in [-0.39, 0.29) is 30.5 Å². The maximum absolute atomic E-state index is 13.8. The fraction of sp³-hybridized carbons (Fsp3) is 0.409. The first-order valence-corrected chi connectivity index (χ1v) is 25.1. The van der Waals surface area contributed by atoms with Gasteiger partial charge in [-0.3, -0.25) is 18.7 Å². The van der Waals surface area contributed by atoms with Crippen molar-refractivity contribution in [1.82, 2.24) is 30.4 Å². The summed E-state index contributed by atoms with van der Waals surface area (Å²) in [6.45, 7) is 3.69. The topological polar surface area (TPSA) is 241 Å². The fourth-order valence-corrected chi connectivity index (χ4v) is 10.6. The van der Waals surface area contributed by atoms with Gasteiger partial charge in [-0.2, -0.15) is 10.2 Å². The molecule has 2 aliphatic rings. The lowest BCUT2D eigenvalue weighted by atomic mass is 9.94. The van der Waals surface area contributed by atoms with Crippen LogP contribution in [0, 0.1) is 11.8 Å². The van der Waals surface area contributed by atoms with Crippen LogP contribution in [0.5, 0.6) is 0 Å². The molecule has 4 aromatic heterocycles. The van der Waals surface area contributed by atoms with Crippen molar-refractivity contribution in [2.24, 2.45) is 11.8 Å². The summed E-state index contributed by atoms with van der Waals surface area (Å²) < 4.78 is 36.8. The highest BCUT2D eigenvalue weighted by Gasteiger charge is 2.29. The van der Waals surface area contributed by atoms with Crippen molar-refractivity contribution in [3.8, 4) is 0 Å². The van der Waals surface area contributed by atoms with Crippen LogP contribution in [0.4, 0.5) is 23.3 Å². The lowest BCUT2D eigenvalue weighted by Gasteiger charge is -2.33. The number of benzene rings is 2. The number of piperidine rings is 2. The molecule has 20 heteroatoms. The highest BCUT2D eigenvalue weighted by molar-refractivity contribution is 7.53. The second-order valence-corrected chi connectivity index (χ2v) is 20.1. The Morgan fingerprint density at radius 3 is 1.45 bits per heavy atom. The summed E-state index contributed by atoms with van der Waals surface area (Å²) in [5.74, 6) is 3.38. The van der Waals surface area contributed by atoms with Gasteiger partial charge in [0.2, 0.25) is 0 Å². The van der Waals surface area contributed by atoms with Crippen LogP contribution in [0.3, 0.4) is 0 Å². The molecular weight excluding hydrogens is 858 g/mol. The van der Waals surface area contributed by atoms with E-state index in [1.54, 1.807) is 26.5 Å². The van der Waals surface area contributed by atoms with E-state index < -0.39 is 15.2 Å². The number of aromatic amines is 2.